The van der Waals surface area contributed by atoms with Gasteiger partial charge in [-0.15, -0.1) is 0 Å². The zero-order valence-electron chi connectivity index (χ0n) is 64.8. The minimum atomic E-state index is -4.96. The van der Waals surface area contributed by atoms with Crippen molar-refractivity contribution in [2.24, 2.45) is 11.8 Å². The first-order valence-electron chi connectivity index (χ1n) is 41.5. The summed E-state index contributed by atoms with van der Waals surface area (Å²) in [6, 6.07) is 0. The van der Waals surface area contributed by atoms with Gasteiger partial charge >= 0.3 is 39.5 Å². The molecule has 588 valence electrons. The topological polar surface area (TPSA) is 237 Å². The summed E-state index contributed by atoms with van der Waals surface area (Å²) in [5.74, 6) is -0.609. The number of carbonyl (C=O) groups is 4. The number of phosphoric ester groups is 2. The van der Waals surface area contributed by atoms with Crippen molar-refractivity contribution in [1.29, 1.82) is 0 Å². The third kappa shape index (κ3) is 74.1. The second-order valence-corrected chi connectivity index (χ2v) is 32.7. The van der Waals surface area contributed by atoms with E-state index in [1.54, 1.807) is 0 Å². The second-order valence-electron chi connectivity index (χ2n) is 29.8. The monoisotopic (exact) mass is 1450 g/mol. The third-order valence-electron chi connectivity index (χ3n) is 18.7. The molecule has 17 nitrogen and oxygen atoms in total. The van der Waals surface area contributed by atoms with E-state index in [1.165, 1.54) is 231 Å². The number of hydrogen-bond donors (Lipinski definition) is 3. The average Bonchev–Trinajstić information content (AvgIpc) is 0.980. The molecule has 0 aromatic carbocycles. The van der Waals surface area contributed by atoms with Crippen molar-refractivity contribution in [2.45, 2.75) is 439 Å². The van der Waals surface area contributed by atoms with E-state index in [1.807, 2.05) is 0 Å². The van der Waals surface area contributed by atoms with Crippen LogP contribution in [0.25, 0.3) is 0 Å². The highest BCUT2D eigenvalue weighted by molar-refractivity contribution is 7.47. The van der Waals surface area contributed by atoms with Gasteiger partial charge in [0.15, 0.2) is 12.2 Å². The highest BCUT2D eigenvalue weighted by Gasteiger charge is 2.30. The van der Waals surface area contributed by atoms with Gasteiger partial charge in [0, 0.05) is 25.7 Å². The van der Waals surface area contributed by atoms with Crippen LogP contribution >= 0.6 is 15.6 Å². The molecule has 0 fully saturated rings. The highest BCUT2D eigenvalue weighted by atomic mass is 31.2. The fourth-order valence-electron chi connectivity index (χ4n) is 12.4. The molecular weight excluding hydrogens is 1290 g/mol. The van der Waals surface area contributed by atoms with Crippen molar-refractivity contribution < 1.29 is 80.2 Å². The predicted octanol–water partition coefficient (Wildman–Crippen LogP) is 23.9. The molecule has 0 rings (SSSR count). The first-order valence-corrected chi connectivity index (χ1v) is 44.5. The SMILES string of the molecule is CCCCCCCCCCCCCCCCCCCC(=O)OC[C@H](COP(=O)(O)OC[C@@H](O)COP(=O)(O)OC[C@@H](COC(=O)CCCCCCCCCC(C)C)OC(=O)CCCCCCCCCCCCCCCCC)OC(=O)CCCCCCCCCCCCCCCCC(C)C. The van der Waals surface area contributed by atoms with Crippen LogP contribution in [0.4, 0.5) is 0 Å². The molecule has 0 saturated carbocycles. The van der Waals surface area contributed by atoms with Crippen molar-refractivity contribution in [3.05, 3.63) is 0 Å². The summed E-state index contributed by atoms with van der Waals surface area (Å²) in [4.78, 5) is 73.0. The number of aliphatic hydroxyl groups is 1. The molecule has 0 heterocycles. The summed E-state index contributed by atoms with van der Waals surface area (Å²) >= 11 is 0. The Hall–Kier alpha value is -1.94. The molecule has 0 bridgehead atoms. The number of aliphatic hydroxyl groups excluding tert-OH is 1. The van der Waals surface area contributed by atoms with Crippen LogP contribution in [0.15, 0.2) is 0 Å². The van der Waals surface area contributed by atoms with Crippen molar-refractivity contribution in [2.75, 3.05) is 39.6 Å². The van der Waals surface area contributed by atoms with Gasteiger partial charge < -0.3 is 33.8 Å². The fourth-order valence-corrected chi connectivity index (χ4v) is 13.9. The summed E-state index contributed by atoms with van der Waals surface area (Å²) in [5.41, 5.74) is 0. The first-order chi connectivity index (χ1) is 47.9. The van der Waals surface area contributed by atoms with Gasteiger partial charge in [0.2, 0.25) is 0 Å². The minimum Gasteiger partial charge on any atom is -0.462 e. The van der Waals surface area contributed by atoms with E-state index in [0.717, 1.165) is 102 Å². The first kappa shape index (κ1) is 97.1. The Morgan fingerprint density at radius 3 is 0.687 bits per heavy atom. The van der Waals surface area contributed by atoms with Gasteiger partial charge in [0.1, 0.15) is 19.3 Å². The van der Waals surface area contributed by atoms with Gasteiger partial charge in [-0.05, 0) is 37.5 Å². The molecule has 0 aliphatic heterocycles. The van der Waals surface area contributed by atoms with Crippen molar-refractivity contribution >= 4 is 39.5 Å². The molecule has 0 saturated heterocycles. The molecule has 0 aromatic rings. The van der Waals surface area contributed by atoms with Gasteiger partial charge in [-0.3, -0.25) is 37.3 Å². The number of ether oxygens (including phenoxy) is 4. The third-order valence-corrected chi connectivity index (χ3v) is 20.6. The normalized spacial score (nSPS) is 13.9. The molecule has 3 N–H and O–H groups in total. The number of phosphoric acid groups is 2. The van der Waals surface area contributed by atoms with E-state index >= 15 is 0 Å². The number of carbonyl (C=O) groups excluding carboxylic acids is 4. The molecule has 19 heteroatoms. The van der Waals surface area contributed by atoms with E-state index < -0.39 is 97.5 Å². The van der Waals surface area contributed by atoms with Crippen LogP contribution in [0.5, 0.6) is 0 Å². The number of esters is 4. The average molecular weight is 1450 g/mol. The summed E-state index contributed by atoms with van der Waals surface area (Å²) in [7, 11) is -9.92. The Bertz CT molecular complexity index is 1910. The summed E-state index contributed by atoms with van der Waals surface area (Å²) < 4.78 is 68.7. The predicted molar refractivity (Wildman–Crippen MR) is 405 cm³/mol. The number of unbranched alkanes of at least 4 members (excludes halogenated alkanes) is 49. The molecule has 99 heavy (non-hydrogen) atoms. The lowest BCUT2D eigenvalue weighted by Crippen LogP contribution is -2.30. The molecular formula is C80H156O17P2. The smallest absolute Gasteiger partial charge is 0.462 e. The minimum absolute atomic E-state index is 0.107. The lowest BCUT2D eigenvalue weighted by atomic mass is 10.0. The zero-order valence-corrected chi connectivity index (χ0v) is 66.6. The Morgan fingerprint density at radius 1 is 0.273 bits per heavy atom. The Morgan fingerprint density at radius 2 is 0.465 bits per heavy atom. The van der Waals surface area contributed by atoms with E-state index in [-0.39, 0.29) is 25.7 Å². The highest BCUT2D eigenvalue weighted by Crippen LogP contribution is 2.45. The summed E-state index contributed by atoms with van der Waals surface area (Å²) in [5, 5.41) is 10.6. The van der Waals surface area contributed by atoms with Crippen LogP contribution in [0.3, 0.4) is 0 Å². The Balaban J connectivity index is 5.24. The van der Waals surface area contributed by atoms with Gasteiger partial charge in [0.25, 0.3) is 0 Å². The van der Waals surface area contributed by atoms with Gasteiger partial charge in [-0.1, -0.05) is 369 Å². The lowest BCUT2D eigenvalue weighted by Gasteiger charge is -2.21. The van der Waals surface area contributed by atoms with Gasteiger partial charge in [-0.2, -0.15) is 0 Å². The standard InChI is InChI=1S/C80H156O17P2/c1-7-9-11-13-15-17-19-21-23-24-26-30-34-38-44-50-56-62-77(82)90-68-75(96-79(84)65-59-53-46-40-36-32-28-27-29-33-37-42-48-54-60-72(3)4)70-94-98(86,87)92-66-74(81)67-93-99(88,89)95-71-76(69-91-78(83)63-57-51-47-41-43-49-55-61-73(5)6)97-80(85)64-58-52-45-39-35-31-25-22-20-18-16-14-12-10-8-2/h72-76,81H,7-71H2,1-6H3,(H,86,87)(H,88,89)/t74-,75-,76-/m1/s1. The zero-order chi connectivity index (χ0) is 72.8. The number of rotatable bonds is 79. The molecule has 0 amide bonds. The van der Waals surface area contributed by atoms with Crippen molar-refractivity contribution in [3.8, 4) is 0 Å². The van der Waals surface area contributed by atoms with Crippen LogP contribution in [0, 0.1) is 11.8 Å². The molecule has 0 radical (unpaired) electrons. The maximum atomic E-state index is 13.1. The maximum absolute atomic E-state index is 13.1. The van der Waals surface area contributed by atoms with E-state index in [9.17, 15) is 43.2 Å². The van der Waals surface area contributed by atoms with Crippen molar-refractivity contribution in [3.63, 3.8) is 0 Å². The quantitative estimate of drug-likeness (QED) is 0.0222. The van der Waals surface area contributed by atoms with Gasteiger partial charge in [0.05, 0.1) is 26.4 Å². The molecule has 0 aromatic heterocycles. The number of hydrogen-bond acceptors (Lipinski definition) is 15. The summed E-state index contributed by atoms with van der Waals surface area (Å²) in [6.45, 7) is 9.60. The largest absolute Gasteiger partial charge is 0.472 e. The van der Waals surface area contributed by atoms with Crippen LogP contribution in [-0.2, 0) is 65.4 Å². The Labute approximate surface area is 607 Å². The molecule has 0 aliphatic carbocycles. The van der Waals surface area contributed by atoms with Crippen LogP contribution in [0.2, 0.25) is 0 Å². The second kappa shape index (κ2) is 71.7. The summed E-state index contributed by atoms with van der Waals surface area (Å²) in [6.07, 6.45) is 61.1. The molecule has 0 spiro atoms. The van der Waals surface area contributed by atoms with Crippen LogP contribution < -0.4 is 0 Å². The molecule has 5 atom stereocenters. The maximum Gasteiger partial charge on any atom is 0.472 e. The van der Waals surface area contributed by atoms with Crippen molar-refractivity contribution in [1.82, 2.24) is 0 Å². The van der Waals surface area contributed by atoms with Gasteiger partial charge in [-0.25, -0.2) is 9.13 Å². The molecule has 0 aliphatic rings. The Kier molecular flexibility index (Phi) is 70.3. The molecule has 2 unspecified atom stereocenters. The van der Waals surface area contributed by atoms with E-state index in [0.29, 0.717) is 31.6 Å². The van der Waals surface area contributed by atoms with E-state index in [4.69, 9.17) is 37.0 Å². The van der Waals surface area contributed by atoms with E-state index in [2.05, 4.69) is 41.5 Å². The fraction of sp³-hybridized carbons (Fsp3) is 0.950. The van der Waals surface area contributed by atoms with Crippen LogP contribution in [0.1, 0.15) is 420 Å². The van der Waals surface area contributed by atoms with Crippen LogP contribution in [-0.4, -0.2) is 96.7 Å². The lowest BCUT2D eigenvalue weighted by molar-refractivity contribution is -0.161.